The van der Waals surface area contributed by atoms with Crippen LogP contribution in [0.15, 0.2) is 24.3 Å². The molecule has 1 rings (SSSR count). The molecular formula is C14H19NO4. The molecule has 0 spiro atoms. The highest BCUT2D eigenvalue weighted by molar-refractivity contribution is 5.83. The maximum atomic E-state index is 10.4. The fourth-order valence-electron chi connectivity index (χ4n) is 1.44. The molecule has 5 heteroatoms. The summed E-state index contributed by atoms with van der Waals surface area (Å²) in [5, 5.41) is 10.4. The number of aliphatic carboxylic acids is 1. The van der Waals surface area contributed by atoms with Crippen LogP contribution in [0.25, 0.3) is 6.08 Å². The maximum absolute atomic E-state index is 10.4. The first kappa shape index (κ1) is 15.0. The van der Waals surface area contributed by atoms with E-state index < -0.39 is 5.97 Å². The molecular weight excluding hydrogens is 246 g/mol. The quantitative estimate of drug-likeness (QED) is 0.641. The van der Waals surface area contributed by atoms with Gasteiger partial charge in [0.2, 0.25) is 0 Å². The Morgan fingerprint density at radius 1 is 1.37 bits per heavy atom. The highest BCUT2D eigenvalue weighted by Gasteiger charge is 2.05. The molecule has 0 radical (unpaired) electrons. The zero-order valence-corrected chi connectivity index (χ0v) is 11.4. The normalized spacial score (nSPS) is 10.9. The molecule has 0 fully saturated rings. The number of methoxy groups -OCH3 is 1. The molecule has 0 aromatic heterocycles. The van der Waals surface area contributed by atoms with Crippen LogP contribution >= 0.6 is 0 Å². The van der Waals surface area contributed by atoms with Gasteiger partial charge in [0, 0.05) is 0 Å². The van der Waals surface area contributed by atoms with Crippen LogP contribution in [-0.2, 0) is 4.79 Å². The van der Waals surface area contributed by atoms with Crippen molar-refractivity contribution in [1.82, 2.24) is 0 Å². The van der Waals surface area contributed by atoms with Gasteiger partial charge in [0.1, 0.15) is 13.2 Å². The smallest absolute Gasteiger partial charge is 0.162 e. The van der Waals surface area contributed by atoms with E-state index in [9.17, 15) is 9.90 Å². The Kier molecular flexibility index (Phi) is 5.89. The van der Waals surface area contributed by atoms with Crippen molar-refractivity contribution in [3.8, 4) is 11.5 Å². The third-order valence-corrected chi connectivity index (χ3v) is 2.46. The fraction of sp³-hybridized carbons (Fsp3) is 0.357. The van der Waals surface area contributed by atoms with Crippen LogP contribution in [0.4, 0.5) is 0 Å². The van der Waals surface area contributed by atoms with Gasteiger partial charge in [-0.05, 0) is 23.8 Å². The molecule has 0 aliphatic rings. The molecule has 1 N–H and O–H groups in total. The molecule has 0 saturated carbocycles. The summed E-state index contributed by atoms with van der Waals surface area (Å²) >= 11 is 0. The number of quaternary nitrogens is 1. The summed E-state index contributed by atoms with van der Waals surface area (Å²) < 4.78 is 10.8. The monoisotopic (exact) mass is 265 g/mol. The lowest BCUT2D eigenvalue weighted by Gasteiger charge is -2.12. The number of nitrogens with one attached hydrogen (secondary N) is 1. The van der Waals surface area contributed by atoms with Gasteiger partial charge in [-0.1, -0.05) is 12.1 Å². The third kappa shape index (κ3) is 5.44. The van der Waals surface area contributed by atoms with Crippen molar-refractivity contribution in [2.24, 2.45) is 0 Å². The van der Waals surface area contributed by atoms with E-state index in [1.54, 1.807) is 25.3 Å². The number of ether oxygens (including phenoxy) is 2. The number of likely N-dealkylation sites (N-methyl/N-ethyl adjacent to an activating group) is 1. The lowest BCUT2D eigenvalue weighted by molar-refractivity contribution is -0.858. The minimum absolute atomic E-state index is 0.562. The van der Waals surface area contributed by atoms with E-state index in [2.05, 4.69) is 0 Å². The zero-order valence-electron chi connectivity index (χ0n) is 11.4. The molecule has 0 aliphatic carbocycles. The fourth-order valence-corrected chi connectivity index (χ4v) is 1.44. The van der Waals surface area contributed by atoms with Crippen LogP contribution in [0.1, 0.15) is 5.56 Å². The molecule has 1 aromatic carbocycles. The molecule has 0 heterocycles. The summed E-state index contributed by atoms with van der Waals surface area (Å²) in [6.45, 7) is 1.43. The van der Waals surface area contributed by atoms with Crippen LogP contribution in [0.3, 0.4) is 0 Å². The first-order valence-electron chi connectivity index (χ1n) is 6.02. The van der Waals surface area contributed by atoms with Crippen LogP contribution in [0.5, 0.6) is 11.5 Å². The standard InChI is InChI=1S/C14H19NO4/c1-15(2)8-9-19-13-10-11(5-7-14(16)17)4-6-12(13)18-3/h4-7,10H,8-9H2,1-3H3,(H,16,17)/b7-5+. The second kappa shape index (κ2) is 7.43. The average molecular weight is 265 g/mol. The van der Waals surface area contributed by atoms with Crippen LogP contribution < -0.4 is 19.5 Å². The van der Waals surface area contributed by atoms with E-state index in [-0.39, 0.29) is 0 Å². The Morgan fingerprint density at radius 2 is 2.11 bits per heavy atom. The topological polar surface area (TPSA) is 63.0 Å². The average Bonchev–Trinajstić information content (AvgIpc) is 2.36. The van der Waals surface area contributed by atoms with E-state index in [1.165, 1.54) is 11.0 Å². The molecule has 0 atom stereocenters. The van der Waals surface area contributed by atoms with Gasteiger partial charge < -0.3 is 24.3 Å². The zero-order chi connectivity index (χ0) is 14.3. The minimum atomic E-state index is -1.23. The van der Waals surface area contributed by atoms with Crippen LogP contribution in [0, 0.1) is 0 Å². The highest BCUT2D eigenvalue weighted by Crippen LogP contribution is 2.28. The van der Waals surface area contributed by atoms with Gasteiger partial charge in [-0.2, -0.15) is 0 Å². The predicted molar refractivity (Wildman–Crippen MR) is 70.2 cm³/mol. The molecule has 0 bridgehead atoms. The SMILES string of the molecule is COc1ccc(/C=C/C(=O)[O-])cc1OCC[NH+](C)C. The third-order valence-electron chi connectivity index (χ3n) is 2.46. The Balaban J connectivity index is 2.80. The van der Waals surface area contributed by atoms with Gasteiger partial charge in [0.15, 0.2) is 11.5 Å². The lowest BCUT2D eigenvalue weighted by Crippen LogP contribution is -3.06. The molecule has 104 valence electrons. The van der Waals surface area contributed by atoms with Crippen molar-refractivity contribution < 1.29 is 24.3 Å². The summed E-state index contributed by atoms with van der Waals surface area (Å²) in [7, 11) is 5.65. The summed E-state index contributed by atoms with van der Waals surface area (Å²) in [6.07, 6.45) is 2.44. The van der Waals surface area contributed by atoms with Gasteiger partial charge in [0.05, 0.1) is 27.2 Å². The number of carboxylic acid groups (broad SMARTS) is 1. The van der Waals surface area contributed by atoms with Gasteiger partial charge in [0.25, 0.3) is 0 Å². The second-order valence-electron chi connectivity index (χ2n) is 4.37. The summed E-state index contributed by atoms with van der Waals surface area (Å²) in [4.78, 5) is 11.7. The summed E-state index contributed by atoms with van der Waals surface area (Å²) in [6, 6.07) is 5.23. The van der Waals surface area contributed by atoms with Crippen LogP contribution in [0.2, 0.25) is 0 Å². The first-order valence-corrected chi connectivity index (χ1v) is 6.02. The Labute approximate surface area is 113 Å². The number of carboxylic acids is 1. The second-order valence-corrected chi connectivity index (χ2v) is 4.37. The number of hydrogen-bond acceptors (Lipinski definition) is 4. The van der Waals surface area contributed by atoms with E-state index in [4.69, 9.17) is 9.47 Å². The number of rotatable bonds is 7. The molecule has 19 heavy (non-hydrogen) atoms. The van der Waals surface area contributed by atoms with Gasteiger partial charge >= 0.3 is 0 Å². The molecule has 0 amide bonds. The molecule has 0 aliphatic heterocycles. The van der Waals surface area contributed by atoms with Crippen molar-refractivity contribution in [1.29, 1.82) is 0 Å². The van der Waals surface area contributed by atoms with Gasteiger partial charge in [-0.25, -0.2) is 0 Å². The van der Waals surface area contributed by atoms with Crippen molar-refractivity contribution in [2.45, 2.75) is 0 Å². The molecule has 0 unspecified atom stereocenters. The number of hydrogen-bond donors (Lipinski definition) is 1. The van der Waals surface area contributed by atoms with E-state index in [0.29, 0.717) is 18.1 Å². The lowest BCUT2D eigenvalue weighted by atomic mass is 10.2. The first-order chi connectivity index (χ1) is 9.02. The summed E-state index contributed by atoms with van der Waals surface area (Å²) in [5.41, 5.74) is 0.720. The van der Waals surface area contributed by atoms with Crippen molar-refractivity contribution in [2.75, 3.05) is 34.4 Å². The van der Waals surface area contributed by atoms with Crippen molar-refractivity contribution in [3.63, 3.8) is 0 Å². The number of carbonyl (C=O) groups is 1. The Morgan fingerprint density at radius 3 is 2.68 bits per heavy atom. The van der Waals surface area contributed by atoms with Crippen molar-refractivity contribution in [3.05, 3.63) is 29.8 Å². The minimum Gasteiger partial charge on any atom is -0.545 e. The van der Waals surface area contributed by atoms with Crippen LogP contribution in [-0.4, -0.2) is 40.3 Å². The Hall–Kier alpha value is -2.01. The highest BCUT2D eigenvalue weighted by atomic mass is 16.5. The molecule has 0 saturated heterocycles. The Bertz CT molecular complexity index is 455. The van der Waals surface area contributed by atoms with Crippen molar-refractivity contribution >= 4 is 12.0 Å². The van der Waals surface area contributed by atoms with E-state index >= 15 is 0 Å². The molecule has 1 aromatic rings. The number of carbonyl (C=O) groups excluding carboxylic acids is 1. The van der Waals surface area contributed by atoms with E-state index in [0.717, 1.165) is 18.2 Å². The molecule has 5 nitrogen and oxygen atoms in total. The maximum Gasteiger partial charge on any atom is 0.162 e. The summed E-state index contributed by atoms with van der Waals surface area (Å²) in [5.74, 6) is -0.00176. The predicted octanol–water partition coefficient (Wildman–Crippen LogP) is -1.02. The largest absolute Gasteiger partial charge is 0.545 e. The number of benzene rings is 1. The van der Waals surface area contributed by atoms with E-state index in [1.807, 2.05) is 14.1 Å². The van der Waals surface area contributed by atoms with Gasteiger partial charge in [-0.15, -0.1) is 0 Å². The van der Waals surface area contributed by atoms with Gasteiger partial charge in [-0.3, -0.25) is 0 Å².